The number of likely N-dealkylation sites (tertiary alicyclic amines) is 1. The van der Waals surface area contributed by atoms with Crippen LogP contribution < -0.4 is 0 Å². The highest BCUT2D eigenvalue weighted by Gasteiger charge is 2.44. The van der Waals surface area contributed by atoms with E-state index in [2.05, 4.69) is 22.7 Å². The quantitative estimate of drug-likeness (QED) is 0.618. The van der Waals surface area contributed by atoms with Crippen molar-refractivity contribution in [3.05, 3.63) is 54.9 Å². The molecule has 2 aliphatic rings. The van der Waals surface area contributed by atoms with E-state index in [4.69, 9.17) is 0 Å². The molecule has 3 rings (SSSR count). The van der Waals surface area contributed by atoms with E-state index in [9.17, 15) is 9.18 Å². The minimum absolute atomic E-state index is 0.152. The second-order valence-corrected chi connectivity index (χ2v) is 6.20. The molecule has 0 aromatic carbocycles. The van der Waals surface area contributed by atoms with Crippen LogP contribution in [0.2, 0.25) is 0 Å². The fraction of sp³-hybridized carbons (Fsp3) is 0.444. The smallest absolute Gasteiger partial charge is 0.233 e. The molecule has 0 aliphatic carbocycles. The molecule has 1 amide bonds. The molecule has 2 aliphatic heterocycles. The zero-order valence-electron chi connectivity index (χ0n) is 13.4. The van der Waals surface area contributed by atoms with E-state index in [0.29, 0.717) is 6.54 Å². The Kier molecular flexibility index (Phi) is 4.20. The highest BCUT2D eigenvalue weighted by atomic mass is 19.1. The zero-order chi connectivity index (χ0) is 16.6. The van der Waals surface area contributed by atoms with Gasteiger partial charge in [-0.1, -0.05) is 18.7 Å². The van der Waals surface area contributed by atoms with Crippen molar-refractivity contribution >= 4 is 5.91 Å². The maximum Gasteiger partial charge on any atom is 0.233 e. The number of fused-ring (bicyclic) bond motifs is 1. The van der Waals surface area contributed by atoms with Crippen molar-refractivity contribution in [3.8, 4) is 0 Å². The number of carbonyl (C=O) groups excluding carboxylic acids is 1. The van der Waals surface area contributed by atoms with E-state index >= 15 is 0 Å². The number of nitrogens with zero attached hydrogens (tertiary/aromatic N) is 3. The predicted octanol–water partition coefficient (Wildman–Crippen LogP) is 3.19. The van der Waals surface area contributed by atoms with E-state index in [1.807, 2.05) is 13.3 Å². The first-order chi connectivity index (χ1) is 11.1. The number of carbonyl (C=O) groups is 1. The van der Waals surface area contributed by atoms with Crippen molar-refractivity contribution in [2.24, 2.45) is 11.8 Å². The van der Waals surface area contributed by atoms with Crippen LogP contribution in [0.5, 0.6) is 0 Å². The van der Waals surface area contributed by atoms with Crippen molar-refractivity contribution in [2.45, 2.75) is 32.4 Å². The minimum Gasteiger partial charge on any atom is -0.334 e. The number of halogens is 1. The van der Waals surface area contributed by atoms with Crippen LogP contribution in [0.1, 0.15) is 30.8 Å². The van der Waals surface area contributed by atoms with Crippen LogP contribution in [0.15, 0.2) is 43.5 Å². The third-order valence-corrected chi connectivity index (χ3v) is 4.92. The Morgan fingerprint density at radius 3 is 3.00 bits per heavy atom. The molecule has 1 aromatic rings. The van der Waals surface area contributed by atoms with Gasteiger partial charge in [0.15, 0.2) is 0 Å². The van der Waals surface area contributed by atoms with Gasteiger partial charge >= 0.3 is 0 Å². The highest BCUT2D eigenvalue weighted by molar-refractivity contribution is 5.84. The Morgan fingerprint density at radius 2 is 2.30 bits per heavy atom. The lowest BCUT2D eigenvalue weighted by Crippen LogP contribution is -2.31. The van der Waals surface area contributed by atoms with Crippen molar-refractivity contribution in [1.29, 1.82) is 0 Å². The lowest BCUT2D eigenvalue weighted by atomic mass is 9.94. The molecule has 122 valence electrons. The summed E-state index contributed by atoms with van der Waals surface area (Å²) in [5.74, 6) is -1.65. The van der Waals surface area contributed by atoms with Gasteiger partial charge in [0.25, 0.3) is 0 Å². The summed E-state index contributed by atoms with van der Waals surface area (Å²) in [6, 6.07) is -0.152. The number of hydrogen-bond donors (Lipinski definition) is 0. The van der Waals surface area contributed by atoms with Gasteiger partial charge in [-0.25, -0.2) is 9.37 Å². The van der Waals surface area contributed by atoms with Crippen molar-refractivity contribution in [1.82, 2.24) is 14.5 Å². The van der Waals surface area contributed by atoms with Crippen LogP contribution >= 0.6 is 0 Å². The van der Waals surface area contributed by atoms with Crippen molar-refractivity contribution in [3.63, 3.8) is 0 Å². The summed E-state index contributed by atoms with van der Waals surface area (Å²) >= 11 is 0. The number of rotatable bonds is 5. The van der Waals surface area contributed by atoms with E-state index in [0.717, 1.165) is 25.1 Å². The van der Waals surface area contributed by atoms with E-state index in [1.165, 1.54) is 17.8 Å². The van der Waals surface area contributed by atoms with Crippen molar-refractivity contribution < 1.29 is 9.18 Å². The number of hydrogen-bond acceptors (Lipinski definition) is 2. The molecule has 0 saturated carbocycles. The summed E-state index contributed by atoms with van der Waals surface area (Å²) in [6.07, 6.45) is 8.25. The largest absolute Gasteiger partial charge is 0.334 e. The molecule has 23 heavy (non-hydrogen) atoms. The normalized spacial score (nSPS) is 25.6. The van der Waals surface area contributed by atoms with Crippen LogP contribution in [0.4, 0.5) is 4.39 Å². The lowest BCUT2D eigenvalue weighted by Gasteiger charge is -2.24. The third-order valence-electron chi connectivity index (χ3n) is 4.92. The SMILES string of the molecule is C=C/C=C(/F)C1C(=O)N(C(C)c2ncn3c2CCC3)CC1C=C. The number of amides is 1. The molecule has 1 saturated heterocycles. The second kappa shape index (κ2) is 6.14. The molecule has 0 N–H and O–H groups in total. The summed E-state index contributed by atoms with van der Waals surface area (Å²) in [7, 11) is 0. The number of imidazole rings is 1. The van der Waals surface area contributed by atoms with Gasteiger partial charge in [-0.3, -0.25) is 4.79 Å². The van der Waals surface area contributed by atoms with Gasteiger partial charge in [0.1, 0.15) is 5.83 Å². The molecule has 1 aromatic heterocycles. The Hall–Kier alpha value is -2.17. The standard InChI is InChI=1S/C18H22FN3O/c1-4-7-14(19)16-13(5-2)10-22(18(16)23)12(3)17-15-8-6-9-21(15)11-20-17/h4-5,7,11-13,16H,1-2,6,8-10H2,3H3/b14-7+. The molecule has 0 spiro atoms. The second-order valence-electron chi connectivity index (χ2n) is 6.20. The first kappa shape index (κ1) is 15.7. The molecular formula is C18H22FN3O. The van der Waals surface area contributed by atoms with Crippen LogP contribution in [0.25, 0.3) is 0 Å². The minimum atomic E-state index is -0.788. The average Bonchev–Trinajstić information content (AvgIpc) is 3.20. The summed E-state index contributed by atoms with van der Waals surface area (Å²) in [6.45, 7) is 10.7. The number of aryl methyl sites for hydroxylation is 1. The van der Waals surface area contributed by atoms with Gasteiger partial charge in [0.2, 0.25) is 5.91 Å². The first-order valence-corrected chi connectivity index (χ1v) is 8.03. The molecule has 0 bridgehead atoms. The van der Waals surface area contributed by atoms with Crippen LogP contribution in [0.3, 0.4) is 0 Å². The molecule has 0 radical (unpaired) electrons. The lowest BCUT2D eigenvalue weighted by molar-refractivity contribution is -0.132. The summed E-state index contributed by atoms with van der Waals surface area (Å²) in [5, 5.41) is 0. The molecule has 5 heteroatoms. The predicted molar refractivity (Wildman–Crippen MR) is 87.2 cm³/mol. The number of aromatic nitrogens is 2. The highest BCUT2D eigenvalue weighted by Crippen LogP contribution is 2.38. The van der Waals surface area contributed by atoms with Crippen molar-refractivity contribution in [2.75, 3.05) is 6.54 Å². The van der Waals surface area contributed by atoms with Gasteiger partial charge in [-0.2, -0.15) is 0 Å². The maximum absolute atomic E-state index is 14.3. The van der Waals surface area contributed by atoms with Crippen LogP contribution in [-0.2, 0) is 17.8 Å². The van der Waals surface area contributed by atoms with Gasteiger partial charge in [-0.15, -0.1) is 6.58 Å². The Labute approximate surface area is 136 Å². The van der Waals surface area contributed by atoms with Gasteiger partial charge < -0.3 is 9.47 Å². The molecular weight excluding hydrogens is 293 g/mol. The van der Waals surface area contributed by atoms with Gasteiger partial charge in [0.05, 0.1) is 24.0 Å². The van der Waals surface area contributed by atoms with Gasteiger partial charge in [-0.05, 0) is 25.8 Å². The van der Waals surface area contributed by atoms with E-state index < -0.39 is 11.7 Å². The topological polar surface area (TPSA) is 38.1 Å². The van der Waals surface area contributed by atoms with E-state index in [-0.39, 0.29) is 17.9 Å². The summed E-state index contributed by atoms with van der Waals surface area (Å²) in [4.78, 5) is 19.0. The first-order valence-electron chi connectivity index (χ1n) is 8.03. The summed E-state index contributed by atoms with van der Waals surface area (Å²) < 4.78 is 16.4. The Bertz CT molecular complexity index is 676. The van der Waals surface area contributed by atoms with Gasteiger partial charge in [0, 0.05) is 24.7 Å². The van der Waals surface area contributed by atoms with E-state index in [1.54, 1.807) is 11.0 Å². The fourth-order valence-corrected chi connectivity index (χ4v) is 3.68. The molecule has 3 unspecified atom stereocenters. The Balaban J connectivity index is 1.88. The summed E-state index contributed by atoms with van der Waals surface area (Å²) in [5.41, 5.74) is 2.14. The van der Waals surface area contributed by atoms with Crippen LogP contribution in [0, 0.1) is 11.8 Å². The molecule has 4 nitrogen and oxygen atoms in total. The zero-order valence-corrected chi connectivity index (χ0v) is 13.4. The maximum atomic E-state index is 14.3. The van der Waals surface area contributed by atoms with Crippen LogP contribution in [-0.4, -0.2) is 26.9 Å². The third kappa shape index (κ3) is 2.54. The molecule has 1 fully saturated rings. The Morgan fingerprint density at radius 1 is 1.52 bits per heavy atom. The number of allylic oxidation sites excluding steroid dienone is 2. The monoisotopic (exact) mass is 315 g/mol. The average molecular weight is 315 g/mol. The molecule has 3 atom stereocenters. The fourth-order valence-electron chi connectivity index (χ4n) is 3.68. The molecule has 3 heterocycles.